The van der Waals surface area contributed by atoms with Gasteiger partial charge in [-0.3, -0.25) is 9.59 Å². The number of nitrogens with zero attached hydrogens (tertiary/aromatic N) is 2. The number of carbonyl (C=O) groups is 2. The van der Waals surface area contributed by atoms with Gasteiger partial charge in [-0.1, -0.05) is 12.1 Å². The minimum Gasteiger partial charge on any atom is -0.343 e. The molecule has 2 amide bonds. The van der Waals surface area contributed by atoms with Crippen LogP contribution in [0.2, 0.25) is 0 Å². The lowest BCUT2D eigenvalue weighted by Crippen LogP contribution is -2.41. The van der Waals surface area contributed by atoms with E-state index in [-0.39, 0.29) is 11.8 Å². The lowest BCUT2D eigenvalue weighted by Gasteiger charge is -2.31. The molecule has 0 bridgehead atoms. The van der Waals surface area contributed by atoms with Crippen LogP contribution >= 0.6 is 11.8 Å². The Morgan fingerprint density at radius 1 is 1.14 bits per heavy atom. The van der Waals surface area contributed by atoms with E-state index >= 15 is 0 Å². The highest BCUT2D eigenvalue weighted by molar-refractivity contribution is 8.00. The van der Waals surface area contributed by atoms with E-state index in [0.29, 0.717) is 18.7 Å². The molecule has 0 N–H and O–H groups in total. The van der Waals surface area contributed by atoms with Crippen LogP contribution in [0.4, 0.5) is 5.69 Å². The number of hydrogen-bond donors (Lipinski definition) is 0. The van der Waals surface area contributed by atoms with Crippen molar-refractivity contribution < 1.29 is 9.59 Å². The zero-order valence-corrected chi connectivity index (χ0v) is 12.9. The molecule has 1 aromatic carbocycles. The molecule has 4 nitrogen and oxygen atoms in total. The van der Waals surface area contributed by atoms with Gasteiger partial charge in [-0.05, 0) is 31.4 Å². The summed E-state index contributed by atoms with van der Waals surface area (Å²) in [4.78, 5) is 29.2. The first-order chi connectivity index (χ1) is 10.3. The van der Waals surface area contributed by atoms with E-state index in [1.54, 1.807) is 16.7 Å². The summed E-state index contributed by atoms with van der Waals surface area (Å²) in [6.45, 7) is 2.24. The molecule has 0 unspecified atom stereocenters. The Bertz CT molecular complexity index is 541. The average Bonchev–Trinajstić information content (AvgIpc) is 2.54. The molecule has 0 saturated carbocycles. The van der Waals surface area contributed by atoms with Crippen molar-refractivity contribution in [1.29, 1.82) is 0 Å². The van der Waals surface area contributed by atoms with Crippen molar-refractivity contribution in [2.24, 2.45) is 0 Å². The maximum Gasteiger partial charge on any atom is 0.237 e. The monoisotopic (exact) mass is 304 g/mol. The predicted octanol–water partition coefficient (Wildman–Crippen LogP) is 2.53. The highest BCUT2D eigenvalue weighted by atomic mass is 32.2. The molecule has 0 atom stereocenters. The van der Waals surface area contributed by atoms with Crippen LogP contribution < -0.4 is 4.90 Å². The molecule has 21 heavy (non-hydrogen) atoms. The van der Waals surface area contributed by atoms with Crippen LogP contribution in [0.25, 0.3) is 0 Å². The number of para-hydroxylation sites is 1. The van der Waals surface area contributed by atoms with Gasteiger partial charge in [0.25, 0.3) is 0 Å². The second-order valence-electron chi connectivity index (χ2n) is 5.49. The molecule has 2 aliphatic rings. The molecular weight excluding hydrogens is 284 g/mol. The quantitative estimate of drug-likeness (QED) is 0.861. The van der Waals surface area contributed by atoms with Crippen molar-refractivity contribution in [3.05, 3.63) is 24.3 Å². The number of carbonyl (C=O) groups excluding carboxylic acids is 2. The van der Waals surface area contributed by atoms with E-state index in [0.717, 1.165) is 36.5 Å². The van der Waals surface area contributed by atoms with Crippen molar-refractivity contribution in [2.45, 2.75) is 30.6 Å². The number of likely N-dealkylation sites (tertiary alicyclic amines) is 1. The van der Waals surface area contributed by atoms with Crippen LogP contribution in [0.3, 0.4) is 0 Å². The van der Waals surface area contributed by atoms with E-state index in [2.05, 4.69) is 0 Å². The summed E-state index contributed by atoms with van der Waals surface area (Å²) in [7, 11) is 0. The largest absolute Gasteiger partial charge is 0.343 e. The Balaban J connectivity index is 1.64. The van der Waals surface area contributed by atoms with Crippen LogP contribution in [0.15, 0.2) is 29.2 Å². The van der Waals surface area contributed by atoms with Crippen LogP contribution in [-0.4, -0.2) is 42.1 Å². The minimum absolute atomic E-state index is 0.102. The molecule has 1 fully saturated rings. The van der Waals surface area contributed by atoms with Gasteiger partial charge in [0.1, 0.15) is 0 Å². The van der Waals surface area contributed by atoms with Gasteiger partial charge in [-0.2, -0.15) is 0 Å². The van der Waals surface area contributed by atoms with Gasteiger partial charge in [0.15, 0.2) is 0 Å². The van der Waals surface area contributed by atoms with Gasteiger partial charge in [0.05, 0.1) is 11.4 Å². The second-order valence-corrected chi connectivity index (χ2v) is 6.51. The Hall–Kier alpha value is -1.49. The van der Waals surface area contributed by atoms with Crippen LogP contribution in [0, 0.1) is 0 Å². The SMILES string of the molecule is O=C(CCN1C(=O)CSc2ccccc21)N1CCCCC1. The van der Waals surface area contributed by atoms with Crippen LogP contribution in [0.5, 0.6) is 0 Å². The smallest absolute Gasteiger partial charge is 0.237 e. The van der Waals surface area contributed by atoms with E-state index in [1.807, 2.05) is 29.2 Å². The van der Waals surface area contributed by atoms with Gasteiger partial charge >= 0.3 is 0 Å². The summed E-state index contributed by atoms with van der Waals surface area (Å²) in [5, 5.41) is 0. The predicted molar refractivity (Wildman–Crippen MR) is 84.6 cm³/mol. The standard InChI is InChI=1S/C16H20N2O2S/c19-15(17-9-4-1-5-10-17)8-11-18-13-6-2-3-7-14(13)21-12-16(18)20/h2-3,6-7H,1,4-5,8-12H2. The minimum atomic E-state index is 0.102. The molecule has 3 rings (SSSR count). The third-order valence-corrected chi connectivity index (χ3v) is 5.11. The Morgan fingerprint density at radius 2 is 1.90 bits per heavy atom. The first-order valence-corrected chi connectivity index (χ1v) is 8.54. The molecular formula is C16H20N2O2S. The summed E-state index contributed by atoms with van der Waals surface area (Å²) < 4.78 is 0. The normalized spacial score (nSPS) is 18.6. The van der Waals surface area contributed by atoms with Crippen molar-refractivity contribution >= 4 is 29.3 Å². The third-order valence-electron chi connectivity index (χ3n) is 4.07. The van der Waals surface area contributed by atoms with E-state index in [1.165, 1.54) is 6.42 Å². The van der Waals surface area contributed by atoms with Gasteiger partial charge in [0.2, 0.25) is 11.8 Å². The van der Waals surface area contributed by atoms with Gasteiger partial charge < -0.3 is 9.80 Å². The number of hydrogen-bond acceptors (Lipinski definition) is 3. The van der Waals surface area contributed by atoms with Crippen LogP contribution in [-0.2, 0) is 9.59 Å². The fourth-order valence-corrected chi connectivity index (χ4v) is 3.84. The van der Waals surface area contributed by atoms with Crippen molar-refractivity contribution in [1.82, 2.24) is 4.90 Å². The van der Waals surface area contributed by atoms with Crippen molar-refractivity contribution in [3.63, 3.8) is 0 Å². The van der Waals surface area contributed by atoms with Gasteiger partial charge in [0, 0.05) is 31.0 Å². The fraction of sp³-hybridized carbons (Fsp3) is 0.500. The molecule has 0 spiro atoms. The van der Waals surface area contributed by atoms with E-state index < -0.39 is 0 Å². The van der Waals surface area contributed by atoms with Gasteiger partial charge in [-0.15, -0.1) is 11.8 Å². The topological polar surface area (TPSA) is 40.6 Å². The number of anilines is 1. The number of benzene rings is 1. The average molecular weight is 304 g/mol. The molecule has 0 aromatic heterocycles. The number of amides is 2. The summed E-state index contributed by atoms with van der Waals surface area (Å²) in [5.74, 6) is 0.748. The Morgan fingerprint density at radius 3 is 2.71 bits per heavy atom. The summed E-state index contributed by atoms with van der Waals surface area (Å²) in [5.41, 5.74) is 0.949. The number of piperidine rings is 1. The van der Waals surface area contributed by atoms with E-state index in [4.69, 9.17) is 0 Å². The number of rotatable bonds is 3. The maximum absolute atomic E-state index is 12.2. The highest BCUT2D eigenvalue weighted by Crippen LogP contribution is 2.34. The first-order valence-electron chi connectivity index (χ1n) is 7.56. The summed E-state index contributed by atoms with van der Waals surface area (Å²) in [6.07, 6.45) is 3.85. The molecule has 5 heteroatoms. The zero-order valence-electron chi connectivity index (χ0n) is 12.1. The molecule has 1 aromatic rings. The summed E-state index contributed by atoms with van der Waals surface area (Å²) in [6, 6.07) is 7.92. The summed E-state index contributed by atoms with van der Waals surface area (Å²) >= 11 is 1.58. The number of fused-ring (bicyclic) bond motifs is 1. The molecule has 0 aliphatic carbocycles. The Labute approximate surface area is 129 Å². The Kier molecular flexibility index (Phi) is 4.48. The molecule has 1 saturated heterocycles. The molecule has 112 valence electrons. The lowest BCUT2D eigenvalue weighted by molar-refractivity contribution is -0.131. The molecule has 0 radical (unpaired) electrons. The fourth-order valence-electron chi connectivity index (χ4n) is 2.91. The second kappa shape index (κ2) is 6.52. The zero-order chi connectivity index (χ0) is 14.7. The van der Waals surface area contributed by atoms with E-state index in [9.17, 15) is 9.59 Å². The lowest BCUT2D eigenvalue weighted by atomic mass is 10.1. The molecule has 2 aliphatic heterocycles. The first kappa shape index (κ1) is 14.4. The van der Waals surface area contributed by atoms with Crippen molar-refractivity contribution in [2.75, 3.05) is 30.3 Å². The van der Waals surface area contributed by atoms with Crippen molar-refractivity contribution in [3.8, 4) is 0 Å². The maximum atomic E-state index is 12.2. The van der Waals surface area contributed by atoms with Gasteiger partial charge in [-0.25, -0.2) is 0 Å². The highest BCUT2D eigenvalue weighted by Gasteiger charge is 2.25. The number of thioether (sulfide) groups is 1. The molecule has 2 heterocycles. The van der Waals surface area contributed by atoms with Crippen LogP contribution in [0.1, 0.15) is 25.7 Å². The third kappa shape index (κ3) is 3.23.